The first-order chi connectivity index (χ1) is 13.8. The highest BCUT2D eigenvalue weighted by Crippen LogP contribution is 2.33. The molecule has 3 rings (SSSR count). The molecule has 0 unspecified atom stereocenters. The van der Waals surface area contributed by atoms with Gasteiger partial charge in [0.05, 0.1) is 15.5 Å². The second-order valence-electron chi connectivity index (χ2n) is 6.13. The minimum absolute atomic E-state index is 0.120. The molecule has 0 radical (unpaired) electrons. The van der Waals surface area contributed by atoms with Gasteiger partial charge in [-0.05, 0) is 30.2 Å². The molecule has 0 spiro atoms. The average Bonchev–Trinajstić information content (AvgIpc) is 2.92. The van der Waals surface area contributed by atoms with Crippen molar-refractivity contribution in [2.45, 2.75) is 6.92 Å². The number of anilines is 1. The summed E-state index contributed by atoms with van der Waals surface area (Å²) in [6, 6.07) is 10.8. The number of carbonyl (C=O) groups excluding carboxylic acids is 2. The van der Waals surface area contributed by atoms with Crippen molar-refractivity contribution in [3.05, 3.63) is 68.6 Å². The van der Waals surface area contributed by atoms with Gasteiger partial charge < -0.3 is 10.4 Å². The number of rotatable bonds is 5. The van der Waals surface area contributed by atoms with Gasteiger partial charge in [-0.15, -0.1) is 0 Å². The van der Waals surface area contributed by atoms with Gasteiger partial charge in [-0.1, -0.05) is 48.2 Å². The van der Waals surface area contributed by atoms with E-state index < -0.39 is 16.7 Å². The maximum Gasteiger partial charge on any atom is 0.271 e. The summed E-state index contributed by atoms with van der Waals surface area (Å²) in [5.41, 5.74) is 1.46. The van der Waals surface area contributed by atoms with Gasteiger partial charge in [-0.3, -0.25) is 24.6 Å². The molecule has 0 saturated carbocycles. The number of thiocarbonyl (C=S) groups is 1. The molecule has 1 aliphatic heterocycles. The lowest BCUT2D eigenvalue weighted by Gasteiger charge is -2.14. The largest absolute Gasteiger partial charge is 0.506 e. The summed E-state index contributed by atoms with van der Waals surface area (Å²) in [4.78, 5) is 36.8. The number of nitro benzene ring substituents is 1. The molecule has 0 atom stereocenters. The smallest absolute Gasteiger partial charge is 0.271 e. The number of aryl methyl sites for hydroxylation is 1. The van der Waals surface area contributed by atoms with Gasteiger partial charge in [-0.25, -0.2) is 0 Å². The van der Waals surface area contributed by atoms with E-state index in [0.717, 1.165) is 46.0 Å². The Balaban J connectivity index is 1.74. The SMILES string of the molecule is Cc1ccccc1/C=C1\SC(=S)N(CC(=O)Nc2cc([N+](=O)[O-])ccc2O)C1=O. The van der Waals surface area contributed by atoms with Crippen LogP contribution in [-0.4, -0.2) is 37.6 Å². The average molecular weight is 429 g/mol. The predicted octanol–water partition coefficient (Wildman–Crippen LogP) is 3.45. The zero-order valence-corrected chi connectivity index (χ0v) is 16.8. The zero-order chi connectivity index (χ0) is 21.1. The molecule has 1 heterocycles. The molecule has 148 valence electrons. The number of aromatic hydroxyl groups is 1. The maximum absolute atomic E-state index is 12.7. The van der Waals surface area contributed by atoms with Crippen molar-refractivity contribution in [2.24, 2.45) is 0 Å². The lowest BCUT2D eigenvalue weighted by atomic mass is 10.1. The molecule has 2 amide bonds. The van der Waals surface area contributed by atoms with Gasteiger partial charge in [-0.2, -0.15) is 0 Å². The molecule has 1 aliphatic rings. The maximum atomic E-state index is 12.7. The summed E-state index contributed by atoms with van der Waals surface area (Å²) in [7, 11) is 0. The van der Waals surface area contributed by atoms with Crippen LogP contribution in [0, 0.1) is 17.0 Å². The van der Waals surface area contributed by atoms with Crippen LogP contribution in [0.2, 0.25) is 0 Å². The Labute approximate surface area is 175 Å². The van der Waals surface area contributed by atoms with E-state index in [4.69, 9.17) is 12.2 Å². The van der Waals surface area contributed by atoms with Crippen LogP contribution < -0.4 is 5.32 Å². The molecule has 2 aromatic rings. The van der Waals surface area contributed by atoms with Crippen molar-refractivity contribution >= 4 is 57.6 Å². The van der Waals surface area contributed by atoms with Crippen LogP contribution in [0.25, 0.3) is 6.08 Å². The van der Waals surface area contributed by atoms with Crippen LogP contribution in [-0.2, 0) is 9.59 Å². The second kappa shape index (κ2) is 8.41. The van der Waals surface area contributed by atoms with Crippen molar-refractivity contribution < 1.29 is 19.6 Å². The summed E-state index contributed by atoms with van der Waals surface area (Å²) in [5.74, 6) is -1.37. The van der Waals surface area contributed by atoms with Gasteiger partial charge >= 0.3 is 0 Å². The molecule has 2 N–H and O–H groups in total. The van der Waals surface area contributed by atoms with Crippen LogP contribution >= 0.6 is 24.0 Å². The summed E-state index contributed by atoms with van der Waals surface area (Å²) < 4.78 is 0.230. The number of phenolic OH excluding ortho intramolecular Hbond substituents is 1. The van der Waals surface area contributed by atoms with Crippen LogP contribution in [0.1, 0.15) is 11.1 Å². The topological polar surface area (TPSA) is 113 Å². The third-order valence-electron chi connectivity index (χ3n) is 4.12. The summed E-state index contributed by atoms with van der Waals surface area (Å²) in [5, 5.41) is 23.0. The van der Waals surface area contributed by atoms with Gasteiger partial charge in [0.25, 0.3) is 11.6 Å². The number of carbonyl (C=O) groups is 2. The lowest BCUT2D eigenvalue weighted by Crippen LogP contribution is -2.36. The molecule has 2 aromatic carbocycles. The molecular weight excluding hydrogens is 414 g/mol. The summed E-state index contributed by atoms with van der Waals surface area (Å²) in [6.45, 7) is 1.55. The van der Waals surface area contributed by atoms with Crippen molar-refractivity contribution in [3.8, 4) is 5.75 Å². The minimum atomic E-state index is -0.645. The quantitative estimate of drug-likeness (QED) is 0.246. The van der Waals surface area contributed by atoms with Crippen molar-refractivity contribution in [2.75, 3.05) is 11.9 Å². The summed E-state index contributed by atoms with van der Waals surface area (Å²) in [6.07, 6.45) is 1.72. The number of hydrogen-bond acceptors (Lipinski definition) is 7. The number of nitrogens with one attached hydrogen (secondary N) is 1. The normalized spacial score (nSPS) is 15.1. The molecule has 0 aliphatic carbocycles. The first-order valence-corrected chi connectivity index (χ1v) is 9.57. The minimum Gasteiger partial charge on any atom is -0.506 e. The van der Waals surface area contributed by atoms with E-state index in [2.05, 4.69) is 5.32 Å². The molecular formula is C19H15N3O5S2. The lowest BCUT2D eigenvalue weighted by molar-refractivity contribution is -0.384. The number of hydrogen-bond donors (Lipinski definition) is 2. The molecule has 1 saturated heterocycles. The highest BCUT2D eigenvalue weighted by Gasteiger charge is 2.33. The van der Waals surface area contributed by atoms with E-state index in [-0.39, 0.29) is 28.0 Å². The van der Waals surface area contributed by atoms with Gasteiger partial charge in [0.1, 0.15) is 16.6 Å². The Hall–Kier alpha value is -3.24. The number of thioether (sulfide) groups is 1. The Morgan fingerprint density at radius 3 is 2.76 bits per heavy atom. The fourth-order valence-corrected chi connectivity index (χ4v) is 3.84. The van der Waals surface area contributed by atoms with Crippen LogP contribution in [0.4, 0.5) is 11.4 Å². The molecule has 1 fully saturated rings. The first kappa shape index (κ1) is 20.5. The molecule has 29 heavy (non-hydrogen) atoms. The Kier molecular flexibility index (Phi) is 5.95. The molecule has 0 bridgehead atoms. The standard InChI is InChI=1S/C19H15N3O5S2/c1-11-4-2-3-5-12(11)8-16-18(25)21(19(28)29-16)10-17(24)20-14-9-13(22(26)27)6-7-15(14)23/h2-9,23H,10H2,1H3,(H,20,24)/b16-8-. The number of nitro groups is 1. The van der Waals surface area contributed by atoms with E-state index in [1.165, 1.54) is 0 Å². The monoisotopic (exact) mass is 429 g/mol. The van der Waals surface area contributed by atoms with E-state index in [0.29, 0.717) is 4.91 Å². The van der Waals surface area contributed by atoms with E-state index >= 15 is 0 Å². The van der Waals surface area contributed by atoms with Crippen molar-refractivity contribution in [1.82, 2.24) is 4.90 Å². The third kappa shape index (κ3) is 4.61. The molecule has 10 heteroatoms. The Morgan fingerprint density at radius 2 is 2.07 bits per heavy atom. The van der Waals surface area contributed by atoms with Gasteiger partial charge in [0.2, 0.25) is 5.91 Å². The number of nitrogens with zero attached hydrogens (tertiary/aromatic N) is 2. The van der Waals surface area contributed by atoms with Crippen LogP contribution in [0.3, 0.4) is 0 Å². The van der Waals surface area contributed by atoms with Crippen molar-refractivity contribution in [3.63, 3.8) is 0 Å². The van der Waals surface area contributed by atoms with E-state index in [1.807, 2.05) is 31.2 Å². The highest BCUT2D eigenvalue weighted by molar-refractivity contribution is 8.26. The van der Waals surface area contributed by atoms with Crippen LogP contribution in [0.5, 0.6) is 5.75 Å². The fourth-order valence-electron chi connectivity index (χ4n) is 2.60. The summed E-state index contributed by atoms with van der Waals surface area (Å²) >= 11 is 6.31. The van der Waals surface area contributed by atoms with E-state index in [1.54, 1.807) is 6.08 Å². The number of non-ortho nitro benzene ring substituents is 1. The third-order valence-corrected chi connectivity index (χ3v) is 5.49. The number of benzene rings is 2. The fraction of sp³-hybridized carbons (Fsp3) is 0.105. The first-order valence-electron chi connectivity index (χ1n) is 8.34. The van der Waals surface area contributed by atoms with Gasteiger partial charge in [0.15, 0.2) is 0 Å². The number of phenols is 1. The molecule has 0 aromatic heterocycles. The van der Waals surface area contributed by atoms with E-state index in [9.17, 15) is 24.8 Å². The molecule has 8 nitrogen and oxygen atoms in total. The Morgan fingerprint density at radius 1 is 1.34 bits per heavy atom. The Bertz CT molecular complexity index is 1070. The van der Waals surface area contributed by atoms with Crippen LogP contribution in [0.15, 0.2) is 47.4 Å². The number of amides is 2. The van der Waals surface area contributed by atoms with Gasteiger partial charge in [0, 0.05) is 12.1 Å². The predicted molar refractivity (Wildman–Crippen MR) is 114 cm³/mol. The zero-order valence-electron chi connectivity index (χ0n) is 15.1. The second-order valence-corrected chi connectivity index (χ2v) is 7.81. The van der Waals surface area contributed by atoms with Crippen molar-refractivity contribution in [1.29, 1.82) is 0 Å². The highest BCUT2D eigenvalue weighted by atomic mass is 32.2.